The molecule has 1 heterocycles. The van der Waals surface area contributed by atoms with E-state index in [-0.39, 0.29) is 18.2 Å². The zero-order valence-electron chi connectivity index (χ0n) is 11.4. The third kappa shape index (κ3) is 5.37. The van der Waals surface area contributed by atoms with Crippen LogP contribution in [0.3, 0.4) is 0 Å². The van der Waals surface area contributed by atoms with E-state index in [1.165, 1.54) is 18.4 Å². The number of rotatable bonds is 4. The standard InChI is InChI=1S/C13H17NO5/c1-5-17-12(16)9-8-18-10(14-9)6-7-11(15)19-13(2,3)4/h6-8H,5H2,1-4H3/b7-6+. The van der Waals surface area contributed by atoms with Crippen molar-refractivity contribution in [3.05, 3.63) is 23.9 Å². The number of esters is 2. The lowest BCUT2D eigenvalue weighted by molar-refractivity contribution is -0.148. The van der Waals surface area contributed by atoms with Crippen LogP contribution in [-0.4, -0.2) is 29.1 Å². The minimum atomic E-state index is -0.567. The molecule has 0 saturated heterocycles. The molecule has 104 valence electrons. The highest BCUT2D eigenvalue weighted by atomic mass is 16.6. The molecule has 0 saturated carbocycles. The summed E-state index contributed by atoms with van der Waals surface area (Å²) in [5.41, 5.74) is -0.501. The Kier molecular flexibility index (Phi) is 4.86. The maximum Gasteiger partial charge on any atom is 0.360 e. The topological polar surface area (TPSA) is 78.6 Å². The normalized spacial score (nSPS) is 11.6. The van der Waals surface area contributed by atoms with Gasteiger partial charge in [0, 0.05) is 12.2 Å². The minimum Gasteiger partial charge on any atom is -0.461 e. The van der Waals surface area contributed by atoms with Gasteiger partial charge >= 0.3 is 11.9 Å². The molecule has 0 aliphatic heterocycles. The van der Waals surface area contributed by atoms with Crippen LogP contribution in [0, 0.1) is 0 Å². The Hall–Kier alpha value is -2.11. The molecular formula is C13H17NO5. The van der Waals surface area contributed by atoms with Gasteiger partial charge in [-0.1, -0.05) is 0 Å². The van der Waals surface area contributed by atoms with Gasteiger partial charge in [0.2, 0.25) is 5.89 Å². The number of oxazole rings is 1. The predicted octanol–water partition coefficient (Wildman–Crippen LogP) is 2.21. The van der Waals surface area contributed by atoms with Gasteiger partial charge in [0.05, 0.1) is 6.61 Å². The summed E-state index contributed by atoms with van der Waals surface area (Å²) in [6.07, 6.45) is 3.69. The summed E-state index contributed by atoms with van der Waals surface area (Å²) >= 11 is 0. The van der Waals surface area contributed by atoms with E-state index >= 15 is 0 Å². The summed E-state index contributed by atoms with van der Waals surface area (Å²) in [4.78, 5) is 26.6. The Balaban J connectivity index is 2.63. The van der Waals surface area contributed by atoms with E-state index in [1.807, 2.05) is 0 Å². The van der Waals surface area contributed by atoms with Crippen LogP contribution in [0.5, 0.6) is 0 Å². The van der Waals surface area contributed by atoms with E-state index in [1.54, 1.807) is 27.7 Å². The average molecular weight is 267 g/mol. The van der Waals surface area contributed by atoms with E-state index < -0.39 is 17.5 Å². The molecule has 0 atom stereocenters. The van der Waals surface area contributed by atoms with E-state index in [4.69, 9.17) is 13.9 Å². The maximum absolute atomic E-state index is 11.4. The first-order valence-electron chi connectivity index (χ1n) is 5.85. The summed E-state index contributed by atoms with van der Waals surface area (Å²) in [5.74, 6) is -0.944. The molecule has 1 rings (SSSR count). The van der Waals surface area contributed by atoms with Gasteiger partial charge in [0.1, 0.15) is 11.9 Å². The van der Waals surface area contributed by atoms with Gasteiger partial charge in [-0.3, -0.25) is 0 Å². The quantitative estimate of drug-likeness (QED) is 0.614. The number of hydrogen-bond donors (Lipinski definition) is 0. The molecule has 0 aliphatic carbocycles. The molecule has 0 aliphatic rings. The average Bonchev–Trinajstić information content (AvgIpc) is 2.73. The molecule has 6 heteroatoms. The summed E-state index contributed by atoms with van der Waals surface area (Å²) in [5, 5.41) is 0. The molecule has 1 aromatic rings. The van der Waals surface area contributed by atoms with E-state index in [0.29, 0.717) is 0 Å². The van der Waals surface area contributed by atoms with Gasteiger partial charge in [-0.15, -0.1) is 0 Å². The fraction of sp³-hybridized carbons (Fsp3) is 0.462. The van der Waals surface area contributed by atoms with E-state index in [0.717, 1.165) is 0 Å². The number of ether oxygens (including phenoxy) is 2. The lowest BCUT2D eigenvalue weighted by atomic mass is 10.2. The van der Waals surface area contributed by atoms with Crippen molar-refractivity contribution in [1.82, 2.24) is 4.98 Å². The number of hydrogen-bond acceptors (Lipinski definition) is 6. The van der Waals surface area contributed by atoms with Crippen LogP contribution < -0.4 is 0 Å². The van der Waals surface area contributed by atoms with Crippen LogP contribution >= 0.6 is 0 Å². The Morgan fingerprint density at radius 1 is 1.42 bits per heavy atom. The van der Waals surface area contributed by atoms with Crippen molar-refractivity contribution in [2.24, 2.45) is 0 Å². The highest BCUT2D eigenvalue weighted by Crippen LogP contribution is 2.09. The molecule has 0 spiro atoms. The fourth-order valence-corrected chi connectivity index (χ4v) is 1.14. The fourth-order valence-electron chi connectivity index (χ4n) is 1.14. The van der Waals surface area contributed by atoms with Crippen LogP contribution in [0.15, 0.2) is 16.8 Å². The van der Waals surface area contributed by atoms with E-state index in [2.05, 4.69) is 4.98 Å². The van der Waals surface area contributed by atoms with Crippen LogP contribution in [-0.2, 0) is 14.3 Å². The molecule has 1 aromatic heterocycles. The second kappa shape index (κ2) is 6.17. The molecule has 0 unspecified atom stereocenters. The number of carbonyl (C=O) groups is 2. The molecule has 19 heavy (non-hydrogen) atoms. The zero-order chi connectivity index (χ0) is 14.5. The van der Waals surface area contributed by atoms with Gasteiger partial charge < -0.3 is 13.9 Å². The number of carbonyl (C=O) groups excluding carboxylic acids is 2. The summed E-state index contributed by atoms with van der Waals surface area (Å²) in [6.45, 7) is 7.25. The second-order valence-corrected chi connectivity index (χ2v) is 4.66. The number of aromatic nitrogens is 1. The summed E-state index contributed by atoms with van der Waals surface area (Å²) in [7, 11) is 0. The minimum absolute atomic E-state index is 0.0608. The summed E-state index contributed by atoms with van der Waals surface area (Å²) < 4.78 is 14.8. The highest BCUT2D eigenvalue weighted by molar-refractivity contribution is 5.88. The van der Waals surface area contributed by atoms with Crippen LogP contribution in [0.25, 0.3) is 6.08 Å². The van der Waals surface area contributed by atoms with E-state index in [9.17, 15) is 9.59 Å². The third-order valence-corrected chi connectivity index (χ3v) is 1.78. The molecule has 0 aromatic carbocycles. The smallest absolute Gasteiger partial charge is 0.360 e. The Bertz CT molecular complexity index is 481. The Morgan fingerprint density at radius 3 is 2.68 bits per heavy atom. The van der Waals surface area contributed by atoms with Crippen molar-refractivity contribution in [3.8, 4) is 0 Å². The van der Waals surface area contributed by atoms with Crippen LogP contribution in [0.2, 0.25) is 0 Å². The third-order valence-electron chi connectivity index (χ3n) is 1.78. The summed E-state index contributed by atoms with van der Waals surface area (Å²) in [6, 6.07) is 0. The van der Waals surface area contributed by atoms with Crippen molar-refractivity contribution >= 4 is 18.0 Å². The first kappa shape index (κ1) is 14.9. The van der Waals surface area contributed by atoms with Gasteiger partial charge in [-0.2, -0.15) is 0 Å². The molecule has 0 radical (unpaired) electrons. The van der Waals surface area contributed by atoms with Crippen LogP contribution in [0.4, 0.5) is 0 Å². The van der Waals surface area contributed by atoms with Gasteiger partial charge in [0.15, 0.2) is 5.69 Å². The zero-order valence-corrected chi connectivity index (χ0v) is 11.4. The first-order valence-corrected chi connectivity index (χ1v) is 5.85. The van der Waals surface area contributed by atoms with Crippen molar-refractivity contribution < 1.29 is 23.5 Å². The second-order valence-electron chi connectivity index (χ2n) is 4.66. The lowest BCUT2D eigenvalue weighted by Gasteiger charge is -2.17. The molecule has 6 nitrogen and oxygen atoms in total. The SMILES string of the molecule is CCOC(=O)c1coc(/C=C/C(=O)OC(C)(C)C)n1. The predicted molar refractivity (Wildman–Crippen MR) is 67.3 cm³/mol. The first-order chi connectivity index (χ1) is 8.81. The van der Waals surface area contributed by atoms with Gasteiger partial charge in [0.25, 0.3) is 0 Å². The molecular weight excluding hydrogens is 250 g/mol. The largest absolute Gasteiger partial charge is 0.461 e. The lowest BCUT2D eigenvalue weighted by Crippen LogP contribution is -2.22. The van der Waals surface area contributed by atoms with Crippen molar-refractivity contribution in [2.75, 3.05) is 6.61 Å². The van der Waals surface area contributed by atoms with Crippen molar-refractivity contribution in [1.29, 1.82) is 0 Å². The molecule has 0 N–H and O–H groups in total. The van der Waals surface area contributed by atoms with Gasteiger partial charge in [-0.05, 0) is 27.7 Å². The van der Waals surface area contributed by atoms with Crippen molar-refractivity contribution in [3.63, 3.8) is 0 Å². The van der Waals surface area contributed by atoms with Crippen molar-refractivity contribution in [2.45, 2.75) is 33.3 Å². The Morgan fingerprint density at radius 2 is 2.11 bits per heavy atom. The Labute approximate surface area is 111 Å². The molecule has 0 fully saturated rings. The maximum atomic E-state index is 11.4. The number of nitrogens with zero attached hydrogens (tertiary/aromatic N) is 1. The molecule has 0 bridgehead atoms. The van der Waals surface area contributed by atoms with Crippen LogP contribution in [0.1, 0.15) is 44.1 Å². The highest BCUT2D eigenvalue weighted by Gasteiger charge is 2.15. The van der Waals surface area contributed by atoms with Gasteiger partial charge in [-0.25, -0.2) is 14.6 Å². The molecule has 0 amide bonds. The monoisotopic (exact) mass is 267 g/mol.